The summed E-state index contributed by atoms with van der Waals surface area (Å²) in [4.78, 5) is 35.8. The number of anilines is 1. The van der Waals surface area contributed by atoms with Gasteiger partial charge in [-0.05, 0) is 6.92 Å². The maximum atomic E-state index is 16.1. The number of halogens is 1. The molecule has 2 bridgehead atoms. The molecule has 0 saturated carbocycles. The third-order valence-electron chi connectivity index (χ3n) is 7.88. The van der Waals surface area contributed by atoms with E-state index in [1.54, 1.807) is 6.92 Å². The number of methoxy groups -OCH3 is 1. The highest BCUT2D eigenvalue weighted by atomic mass is 31.2. The van der Waals surface area contributed by atoms with Gasteiger partial charge in [0.05, 0.1) is 25.9 Å². The normalized spacial score (nSPS) is 37.1. The van der Waals surface area contributed by atoms with E-state index in [0.29, 0.717) is 5.82 Å². The Kier molecular flexibility index (Phi) is 7.93. The van der Waals surface area contributed by atoms with Crippen molar-refractivity contribution in [2.75, 3.05) is 26.1 Å². The summed E-state index contributed by atoms with van der Waals surface area (Å²) in [5, 5.41) is 0. The Balaban J connectivity index is 1.22. The molecule has 0 amide bonds. The Labute approximate surface area is 260 Å². The zero-order valence-electron chi connectivity index (χ0n) is 24.8. The van der Waals surface area contributed by atoms with Crippen molar-refractivity contribution in [3.63, 3.8) is 0 Å². The molecule has 3 N–H and O–H groups in total. The van der Waals surface area contributed by atoms with Crippen molar-refractivity contribution in [1.29, 1.82) is 0 Å². The molecule has 0 aliphatic carbocycles. The Bertz CT molecular complexity index is 1970. The molecule has 3 aliphatic heterocycles. The SMILES string of the molecule is B[P@@]1(=O)OCC2OC(n3cnc4c(=O)[nH]c(C)nc43)C(O[P@](B)(=O)OCC3OC(n4cnc5c(N)ncnc54)C(F)C3O1)C2OC. The van der Waals surface area contributed by atoms with Gasteiger partial charge in [0.25, 0.3) is 35.6 Å². The second kappa shape index (κ2) is 11.6. The molecular formula is C22H28B2FN9O10P2. The predicted molar refractivity (Wildman–Crippen MR) is 160 cm³/mol. The highest BCUT2D eigenvalue weighted by Crippen LogP contribution is 2.54. The number of aryl methyl sites for hydroxylation is 1. The van der Waals surface area contributed by atoms with Crippen LogP contribution in [0.4, 0.5) is 10.2 Å². The average Bonchev–Trinajstić information content (AvgIpc) is 3.75. The predicted octanol–water partition coefficient (Wildman–Crippen LogP) is -0.702. The number of nitrogens with zero attached hydrogens (tertiary/aromatic N) is 7. The average molecular weight is 681 g/mol. The van der Waals surface area contributed by atoms with Crippen molar-refractivity contribution >= 4 is 58.2 Å². The van der Waals surface area contributed by atoms with E-state index in [2.05, 4.69) is 29.9 Å². The Morgan fingerprint density at radius 3 is 2.30 bits per heavy atom. The van der Waals surface area contributed by atoms with Gasteiger partial charge in [0.1, 0.15) is 48.2 Å². The summed E-state index contributed by atoms with van der Waals surface area (Å²) in [6, 6.07) is 0. The zero-order valence-corrected chi connectivity index (χ0v) is 26.6. The molecule has 8 unspecified atom stereocenters. The number of hydrogen-bond acceptors (Lipinski definition) is 16. The standard InChI is InChI=1S/C22H28B2FN9O10P2/c1-8-31-19-13(20(35)32-8)30-7-34(19)22-16-15(38-2)10(42-22)4-40-45(23,36)43-14-9(3-39-46(24,37)44-16)41-21(11(14)25)33-6-29-12-17(26)27-5-28-18(12)33/h5-7,9-11,14-16,21-22H,3-4,23-24H2,1-2H3,(H2,26,27,28)(H,31,32,35)/t9?,10?,11?,14?,15?,16?,21?,22?,45-,46-/m1/s1. The minimum absolute atomic E-state index is 0.0398. The molecule has 3 aliphatic rings. The van der Waals surface area contributed by atoms with Crippen molar-refractivity contribution in [3.8, 4) is 0 Å². The lowest BCUT2D eigenvalue weighted by molar-refractivity contribution is -0.0578. The van der Waals surface area contributed by atoms with Crippen LogP contribution in [0.3, 0.4) is 0 Å². The number of ether oxygens (including phenoxy) is 3. The second-order valence-electron chi connectivity index (χ2n) is 11.1. The van der Waals surface area contributed by atoms with Crippen molar-refractivity contribution in [1.82, 2.24) is 39.0 Å². The molecule has 0 radical (unpaired) electrons. The molecule has 244 valence electrons. The Morgan fingerprint density at radius 1 is 0.957 bits per heavy atom. The number of hydrogen-bond donors (Lipinski definition) is 2. The van der Waals surface area contributed by atoms with Crippen LogP contribution in [0.1, 0.15) is 18.3 Å². The summed E-state index contributed by atoms with van der Waals surface area (Å²) in [6.45, 7) is 0.742. The third-order valence-corrected chi connectivity index (χ3v) is 10.4. The van der Waals surface area contributed by atoms with E-state index in [0.717, 1.165) is 0 Å². The number of fused-ring (bicyclic) bond motifs is 5. The van der Waals surface area contributed by atoms with Crippen LogP contribution in [0.5, 0.6) is 0 Å². The fourth-order valence-electron chi connectivity index (χ4n) is 5.84. The number of H-pyrrole nitrogens is 1. The van der Waals surface area contributed by atoms with Crippen molar-refractivity contribution in [2.24, 2.45) is 0 Å². The lowest BCUT2D eigenvalue weighted by Gasteiger charge is -2.28. The van der Waals surface area contributed by atoms with Gasteiger partial charge in [0.2, 0.25) is 0 Å². The third kappa shape index (κ3) is 5.50. The van der Waals surface area contributed by atoms with E-state index >= 15 is 4.39 Å². The number of nitrogens with two attached hydrogens (primary N) is 1. The first-order valence-corrected chi connectivity index (χ1v) is 18.0. The van der Waals surface area contributed by atoms with E-state index in [1.807, 2.05) is 0 Å². The minimum Gasteiger partial charge on any atom is -0.382 e. The largest absolute Gasteiger partial charge is 0.382 e. The van der Waals surface area contributed by atoms with Gasteiger partial charge >= 0.3 is 0 Å². The molecule has 3 fully saturated rings. The maximum absolute atomic E-state index is 16.1. The summed E-state index contributed by atoms with van der Waals surface area (Å²) < 4.78 is 87.5. The molecule has 4 aromatic heterocycles. The highest BCUT2D eigenvalue weighted by molar-refractivity contribution is 7.79. The number of imidazole rings is 2. The van der Waals surface area contributed by atoms with Crippen LogP contribution in [0, 0.1) is 6.92 Å². The summed E-state index contributed by atoms with van der Waals surface area (Å²) in [6.07, 6.45) is -6.34. The van der Waals surface area contributed by atoms with E-state index in [1.165, 1.54) is 50.4 Å². The van der Waals surface area contributed by atoms with Crippen molar-refractivity contribution in [2.45, 2.75) is 56.1 Å². The van der Waals surface area contributed by atoms with Crippen LogP contribution in [0.15, 0.2) is 23.8 Å². The first kappa shape index (κ1) is 31.5. The molecule has 3 saturated heterocycles. The van der Waals surface area contributed by atoms with Crippen LogP contribution in [0.2, 0.25) is 0 Å². The smallest absolute Gasteiger partial charge is 0.279 e. The Hall–Kier alpha value is -3.06. The molecule has 19 nitrogen and oxygen atoms in total. The summed E-state index contributed by atoms with van der Waals surface area (Å²) >= 11 is 0. The Morgan fingerprint density at radius 2 is 1.59 bits per heavy atom. The van der Waals surface area contributed by atoms with Crippen LogP contribution < -0.4 is 11.3 Å². The van der Waals surface area contributed by atoms with E-state index in [4.69, 9.17) is 38.0 Å². The fourth-order valence-corrected chi connectivity index (χ4v) is 8.16. The summed E-state index contributed by atoms with van der Waals surface area (Å²) in [5.74, 6) is 0.407. The van der Waals surface area contributed by atoms with Crippen molar-refractivity contribution in [3.05, 3.63) is 35.2 Å². The highest BCUT2D eigenvalue weighted by Gasteiger charge is 2.53. The molecule has 46 heavy (non-hydrogen) atoms. The van der Waals surface area contributed by atoms with Gasteiger partial charge in [-0.1, -0.05) is 0 Å². The van der Waals surface area contributed by atoms with Crippen molar-refractivity contribution < 1.29 is 45.8 Å². The zero-order chi connectivity index (χ0) is 32.5. The van der Waals surface area contributed by atoms with Gasteiger partial charge in [-0.2, -0.15) is 0 Å². The first-order valence-electron chi connectivity index (χ1n) is 14.0. The lowest BCUT2D eigenvalue weighted by Crippen LogP contribution is -2.37. The molecule has 4 aromatic rings. The van der Waals surface area contributed by atoms with Crippen LogP contribution in [0.25, 0.3) is 22.3 Å². The topological polar surface area (TPSA) is 232 Å². The molecule has 24 heteroatoms. The minimum atomic E-state index is -4.02. The quantitative estimate of drug-likeness (QED) is 0.201. The molecule has 10 atom stereocenters. The molecule has 0 spiro atoms. The summed E-state index contributed by atoms with van der Waals surface area (Å²) in [7, 11) is -4.24. The number of rotatable bonds is 3. The maximum Gasteiger partial charge on any atom is 0.279 e. The molecule has 0 aromatic carbocycles. The van der Waals surface area contributed by atoms with Gasteiger partial charge in [-0.3, -0.25) is 23.1 Å². The van der Waals surface area contributed by atoms with Gasteiger partial charge in [-0.25, -0.2) is 29.3 Å². The van der Waals surface area contributed by atoms with E-state index < -0.39 is 76.3 Å². The van der Waals surface area contributed by atoms with Gasteiger partial charge < -0.3 is 43.0 Å². The fraction of sp³-hybridized carbons (Fsp3) is 0.545. The first-order chi connectivity index (χ1) is 21.9. The molecule has 7 heterocycles. The van der Waals surface area contributed by atoms with Gasteiger partial charge in [0, 0.05) is 7.11 Å². The van der Waals surface area contributed by atoms with E-state index in [9.17, 15) is 13.9 Å². The summed E-state index contributed by atoms with van der Waals surface area (Å²) in [5.41, 5.74) is 6.06. The number of nitrogens with one attached hydrogen (secondary N) is 1. The number of nitrogen functional groups attached to an aromatic ring is 1. The molecular weight excluding hydrogens is 653 g/mol. The lowest BCUT2D eigenvalue weighted by atomic mass is 10.1. The number of aromatic nitrogens is 8. The number of alkyl halides is 1. The molecule has 7 rings (SSSR count). The second-order valence-corrected chi connectivity index (χ2v) is 15.1. The number of aromatic amines is 1. The van der Waals surface area contributed by atoms with Crippen LogP contribution >= 0.6 is 14.9 Å². The monoisotopic (exact) mass is 681 g/mol. The van der Waals surface area contributed by atoms with Gasteiger partial charge in [-0.15, -0.1) is 0 Å². The van der Waals surface area contributed by atoms with E-state index in [-0.39, 0.29) is 34.8 Å². The van der Waals surface area contributed by atoms with Crippen LogP contribution in [-0.4, -0.2) is 111 Å². The van der Waals surface area contributed by atoms with Crippen LogP contribution in [-0.2, 0) is 41.4 Å². The van der Waals surface area contributed by atoms with Gasteiger partial charge in [0.15, 0.2) is 41.3 Å².